The lowest BCUT2D eigenvalue weighted by atomic mass is 10.1. The summed E-state index contributed by atoms with van der Waals surface area (Å²) in [5.74, 6) is -0.808. The third-order valence-electron chi connectivity index (χ3n) is 3.80. The highest BCUT2D eigenvalue weighted by Crippen LogP contribution is 2.29. The van der Waals surface area contributed by atoms with Crippen LogP contribution in [0.4, 0.5) is 19.0 Å². The van der Waals surface area contributed by atoms with Gasteiger partial charge in [0.2, 0.25) is 5.91 Å². The number of anilines is 1. The number of methoxy groups -OCH3 is 1. The van der Waals surface area contributed by atoms with Gasteiger partial charge in [-0.25, -0.2) is 9.97 Å². The van der Waals surface area contributed by atoms with E-state index in [1.54, 1.807) is 19.9 Å². The zero-order valence-corrected chi connectivity index (χ0v) is 16.8. The number of nitrogens with zero attached hydrogens (tertiary/aromatic N) is 2. The minimum atomic E-state index is -4.51. The third-order valence-corrected chi connectivity index (χ3v) is 3.80. The van der Waals surface area contributed by atoms with Gasteiger partial charge in [0.25, 0.3) is 11.8 Å². The van der Waals surface area contributed by atoms with Crippen molar-refractivity contribution in [1.82, 2.24) is 15.3 Å². The molecule has 162 valence electrons. The van der Waals surface area contributed by atoms with Gasteiger partial charge in [-0.2, -0.15) is 13.2 Å². The van der Waals surface area contributed by atoms with E-state index < -0.39 is 24.7 Å². The second-order valence-corrected chi connectivity index (χ2v) is 6.44. The second-order valence-electron chi connectivity index (χ2n) is 6.44. The van der Waals surface area contributed by atoms with Gasteiger partial charge in [0.1, 0.15) is 5.82 Å². The summed E-state index contributed by atoms with van der Waals surface area (Å²) in [4.78, 5) is 31.8. The maximum absolute atomic E-state index is 12.6. The number of aryl methyl sites for hydroxylation is 1. The molecule has 0 aliphatic heterocycles. The van der Waals surface area contributed by atoms with E-state index in [1.165, 1.54) is 32.4 Å². The van der Waals surface area contributed by atoms with Crippen molar-refractivity contribution < 1.29 is 32.2 Å². The van der Waals surface area contributed by atoms with Gasteiger partial charge in [-0.05, 0) is 37.6 Å². The van der Waals surface area contributed by atoms with Crippen molar-refractivity contribution in [3.05, 3.63) is 41.2 Å². The van der Waals surface area contributed by atoms with Crippen LogP contribution >= 0.6 is 0 Å². The number of nitrogens with one attached hydrogen (secondary N) is 2. The fraction of sp³-hybridized carbons (Fsp3) is 0.368. The molecule has 2 heterocycles. The molecule has 2 rings (SSSR count). The number of rotatable bonds is 7. The van der Waals surface area contributed by atoms with Gasteiger partial charge in [0.05, 0.1) is 13.2 Å². The van der Waals surface area contributed by atoms with Crippen LogP contribution < -0.4 is 20.1 Å². The monoisotopic (exact) mass is 426 g/mol. The highest BCUT2D eigenvalue weighted by molar-refractivity contribution is 5.96. The summed E-state index contributed by atoms with van der Waals surface area (Å²) >= 11 is 0. The molecule has 11 heteroatoms. The fourth-order valence-electron chi connectivity index (χ4n) is 2.50. The number of carbonyl (C=O) groups is 2. The van der Waals surface area contributed by atoms with Crippen LogP contribution in [-0.2, 0) is 4.79 Å². The van der Waals surface area contributed by atoms with Gasteiger partial charge >= 0.3 is 6.18 Å². The van der Waals surface area contributed by atoms with Crippen molar-refractivity contribution in [3.63, 3.8) is 0 Å². The molecular formula is C19H21F3N4O4. The number of amides is 2. The zero-order valence-electron chi connectivity index (χ0n) is 16.8. The van der Waals surface area contributed by atoms with Crippen LogP contribution in [0.5, 0.6) is 11.6 Å². The van der Waals surface area contributed by atoms with Gasteiger partial charge in [-0.1, -0.05) is 0 Å². The summed E-state index contributed by atoms with van der Waals surface area (Å²) < 4.78 is 46.7. The van der Waals surface area contributed by atoms with E-state index in [9.17, 15) is 22.8 Å². The van der Waals surface area contributed by atoms with E-state index in [1.807, 2.05) is 0 Å². The Kier molecular flexibility index (Phi) is 7.19. The zero-order chi connectivity index (χ0) is 22.5. The van der Waals surface area contributed by atoms with Gasteiger partial charge in [-0.3, -0.25) is 9.59 Å². The first kappa shape index (κ1) is 22.9. The second kappa shape index (κ2) is 9.42. The highest BCUT2D eigenvalue weighted by atomic mass is 19.4. The first-order chi connectivity index (χ1) is 14.0. The van der Waals surface area contributed by atoms with E-state index in [0.717, 1.165) is 0 Å². The van der Waals surface area contributed by atoms with E-state index in [0.29, 0.717) is 11.3 Å². The quantitative estimate of drug-likeness (QED) is 0.705. The molecule has 0 aliphatic carbocycles. The lowest BCUT2D eigenvalue weighted by Crippen LogP contribution is -2.27. The maximum atomic E-state index is 12.6. The van der Waals surface area contributed by atoms with Crippen LogP contribution in [0.3, 0.4) is 0 Å². The molecule has 0 radical (unpaired) electrons. The average Bonchev–Trinajstić information content (AvgIpc) is 2.64. The summed E-state index contributed by atoms with van der Waals surface area (Å²) in [6.45, 7) is 3.18. The summed E-state index contributed by atoms with van der Waals surface area (Å²) in [5.41, 5.74) is 1.31. The minimum absolute atomic E-state index is 0.00514. The molecule has 30 heavy (non-hydrogen) atoms. The van der Waals surface area contributed by atoms with Crippen molar-refractivity contribution in [1.29, 1.82) is 0 Å². The normalized spacial score (nSPS) is 12.1. The average molecular weight is 426 g/mol. The molecule has 1 atom stereocenters. The van der Waals surface area contributed by atoms with Crippen molar-refractivity contribution in [2.24, 2.45) is 0 Å². The molecule has 2 aromatic rings. The standard InChI is InChI=1S/C19H21F3N4O4/c1-10-5-13(7-16(24-10)26-12(3)27)17(28)25-11(2)14-6-15(29-4)18(23-8-14)30-9-19(20,21)22/h5-8,11H,9H2,1-4H3,(H,25,28)(H,24,26,27). The van der Waals surface area contributed by atoms with E-state index >= 15 is 0 Å². The third kappa shape index (κ3) is 6.61. The highest BCUT2D eigenvalue weighted by Gasteiger charge is 2.29. The Morgan fingerprint density at radius 3 is 2.53 bits per heavy atom. The number of hydrogen-bond donors (Lipinski definition) is 2. The Morgan fingerprint density at radius 2 is 1.93 bits per heavy atom. The SMILES string of the molecule is COc1cc(C(C)NC(=O)c2cc(C)nc(NC(C)=O)c2)cnc1OCC(F)(F)F. The fourth-order valence-corrected chi connectivity index (χ4v) is 2.50. The summed E-state index contributed by atoms with van der Waals surface area (Å²) in [5, 5.41) is 5.27. The number of ether oxygens (including phenoxy) is 2. The molecule has 0 fully saturated rings. The Morgan fingerprint density at radius 1 is 1.23 bits per heavy atom. The van der Waals surface area contributed by atoms with Gasteiger partial charge in [0.15, 0.2) is 12.4 Å². The molecule has 0 saturated carbocycles. The molecule has 1 unspecified atom stereocenters. The van der Waals surface area contributed by atoms with E-state index in [4.69, 9.17) is 4.74 Å². The number of pyridine rings is 2. The van der Waals surface area contributed by atoms with E-state index in [2.05, 4.69) is 25.3 Å². The number of aromatic nitrogens is 2. The number of hydrogen-bond acceptors (Lipinski definition) is 6. The Hall–Kier alpha value is -3.37. The van der Waals surface area contributed by atoms with Crippen LogP contribution in [0.2, 0.25) is 0 Å². The Labute approximate surface area is 170 Å². The Balaban J connectivity index is 2.15. The predicted molar refractivity (Wildman–Crippen MR) is 101 cm³/mol. The van der Waals surface area contributed by atoms with Crippen molar-refractivity contribution >= 4 is 17.6 Å². The molecule has 2 aromatic heterocycles. The smallest absolute Gasteiger partial charge is 0.422 e. The lowest BCUT2D eigenvalue weighted by molar-refractivity contribution is -0.154. The molecule has 2 amide bonds. The van der Waals surface area contributed by atoms with Gasteiger partial charge in [-0.15, -0.1) is 0 Å². The van der Waals surface area contributed by atoms with Crippen molar-refractivity contribution in [3.8, 4) is 11.6 Å². The Bertz CT molecular complexity index is 934. The van der Waals surface area contributed by atoms with Crippen molar-refractivity contribution in [2.75, 3.05) is 19.0 Å². The number of carbonyl (C=O) groups excluding carboxylic acids is 2. The molecule has 2 N–H and O–H groups in total. The van der Waals surface area contributed by atoms with Crippen LogP contribution in [-0.4, -0.2) is 41.7 Å². The topological polar surface area (TPSA) is 102 Å². The lowest BCUT2D eigenvalue weighted by Gasteiger charge is -2.17. The summed E-state index contributed by atoms with van der Waals surface area (Å²) in [6.07, 6.45) is -3.22. The van der Waals surface area contributed by atoms with Crippen LogP contribution in [0.25, 0.3) is 0 Å². The molecule has 0 spiro atoms. The summed E-state index contributed by atoms with van der Waals surface area (Å²) in [7, 11) is 1.27. The maximum Gasteiger partial charge on any atom is 0.422 e. The summed E-state index contributed by atoms with van der Waals surface area (Å²) in [6, 6.07) is 3.88. The first-order valence-corrected chi connectivity index (χ1v) is 8.79. The van der Waals surface area contributed by atoms with Gasteiger partial charge < -0.3 is 20.1 Å². The van der Waals surface area contributed by atoms with Crippen LogP contribution in [0, 0.1) is 6.92 Å². The minimum Gasteiger partial charge on any atom is -0.491 e. The van der Waals surface area contributed by atoms with Crippen molar-refractivity contribution in [2.45, 2.75) is 33.0 Å². The number of alkyl halides is 3. The largest absolute Gasteiger partial charge is 0.491 e. The first-order valence-electron chi connectivity index (χ1n) is 8.79. The molecule has 0 aliphatic rings. The molecule has 0 aromatic carbocycles. The van der Waals surface area contributed by atoms with Crippen LogP contribution in [0.1, 0.15) is 41.5 Å². The molecule has 0 bridgehead atoms. The molecular weight excluding hydrogens is 405 g/mol. The predicted octanol–water partition coefficient (Wildman–Crippen LogP) is 3.18. The van der Waals surface area contributed by atoms with Crippen LogP contribution in [0.15, 0.2) is 24.4 Å². The number of halogens is 3. The molecule has 8 nitrogen and oxygen atoms in total. The molecule has 0 saturated heterocycles. The van der Waals surface area contributed by atoms with Gasteiger partial charge in [0, 0.05) is 24.4 Å². The van der Waals surface area contributed by atoms with E-state index in [-0.39, 0.29) is 28.9 Å².